The first-order chi connectivity index (χ1) is 11.0. The van der Waals surface area contributed by atoms with Crippen LogP contribution in [-0.4, -0.2) is 24.1 Å². The first-order valence-electron chi connectivity index (χ1n) is 6.90. The molecule has 0 aliphatic carbocycles. The maximum Gasteiger partial charge on any atom is 0.371 e. The lowest BCUT2D eigenvalue weighted by molar-refractivity contribution is -0.121. The van der Waals surface area contributed by atoms with Crippen LogP contribution in [0.4, 0.5) is 4.39 Å². The minimum atomic E-state index is -1.16. The zero-order chi connectivity index (χ0) is 16.8. The van der Waals surface area contributed by atoms with Gasteiger partial charge in [-0.3, -0.25) is 4.79 Å². The summed E-state index contributed by atoms with van der Waals surface area (Å²) in [5.74, 6) is -1.54. The molecule has 23 heavy (non-hydrogen) atoms. The summed E-state index contributed by atoms with van der Waals surface area (Å²) in [4.78, 5) is 22.4. The Labute approximate surface area is 131 Å². The fourth-order valence-corrected chi connectivity index (χ4v) is 1.99. The highest BCUT2D eigenvalue weighted by Crippen LogP contribution is 2.18. The number of amides is 1. The molecule has 2 rings (SSSR count). The molecule has 0 saturated heterocycles. The van der Waals surface area contributed by atoms with E-state index < -0.39 is 11.8 Å². The number of methoxy groups -OCH3 is 1. The van der Waals surface area contributed by atoms with Gasteiger partial charge in [0.2, 0.25) is 11.7 Å². The molecule has 0 fully saturated rings. The van der Waals surface area contributed by atoms with Gasteiger partial charge in [0.15, 0.2) is 11.6 Å². The molecule has 0 atom stereocenters. The zero-order valence-electron chi connectivity index (χ0n) is 12.5. The molecule has 2 aromatic rings. The molecule has 1 heterocycles. The predicted octanol–water partition coefficient (Wildman–Crippen LogP) is 2.37. The summed E-state index contributed by atoms with van der Waals surface area (Å²) in [5.41, 5.74) is 0.685. The van der Waals surface area contributed by atoms with Gasteiger partial charge in [0.25, 0.3) is 0 Å². The lowest BCUT2D eigenvalue weighted by Crippen LogP contribution is -2.22. The van der Waals surface area contributed by atoms with Crippen LogP contribution in [0.25, 0.3) is 0 Å². The maximum atomic E-state index is 13.5. The quantitative estimate of drug-likeness (QED) is 0.817. The molecule has 0 radical (unpaired) electrons. The van der Waals surface area contributed by atoms with Crippen LogP contribution in [0.2, 0.25) is 0 Å². The summed E-state index contributed by atoms with van der Waals surface area (Å²) < 4.78 is 23.4. The number of ether oxygens (including phenoxy) is 1. The Morgan fingerprint density at radius 1 is 1.30 bits per heavy atom. The third kappa shape index (κ3) is 4.57. The Balaban J connectivity index is 1.80. The number of aryl methyl sites for hydroxylation is 1. The van der Waals surface area contributed by atoms with Crippen LogP contribution in [0.5, 0.6) is 5.75 Å². The highest BCUT2D eigenvalue weighted by atomic mass is 19.1. The van der Waals surface area contributed by atoms with E-state index in [9.17, 15) is 14.0 Å². The second-order valence-corrected chi connectivity index (χ2v) is 4.82. The van der Waals surface area contributed by atoms with Crippen molar-refractivity contribution in [3.63, 3.8) is 0 Å². The van der Waals surface area contributed by atoms with E-state index in [-0.39, 0.29) is 30.4 Å². The van der Waals surface area contributed by atoms with Crippen molar-refractivity contribution >= 4 is 11.9 Å². The molecule has 0 saturated carbocycles. The fourth-order valence-electron chi connectivity index (χ4n) is 1.99. The number of carboxylic acids is 1. The van der Waals surface area contributed by atoms with Crippen LogP contribution in [0.15, 0.2) is 34.7 Å². The van der Waals surface area contributed by atoms with E-state index in [2.05, 4.69) is 5.32 Å². The van der Waals surface area contributed by atoms with Gasteiger partial charge in [-0.25, -0.2) is 9.18 Å². The standard InChI is InChI=1S/C16H16FNO5/c1-22-13-5-2-10(8-12(13)17)3-7-15(19)18-9-11-4-6-14(23-11)16(20)21/h2,4-6,8H,3,7,9H2,1H3,(H,18,19)(H,20,21). The Morgan fingerprint density at radius 3 is 2.70 bits per heavy atom. The zero-order valence-corrected chi connectivity index (χ0v) is 12.5. The van der Waals surface area contributed by atoms with Crippen molar-refractivity contribution in [2.24, 2.45) is 0 Å². The van der Waals surface area contributed by atoms with E-state index in [0.29, 0.717) is 17.7 Å². The fraction of sp³-hybridized carbons (Fsp3) is 0.250. The predicted molar refractivity (Wildman–Crippen MR) is 78.8 cm³/mol. The van der Waals surface area contributed by atoms with Gasteiger partial charge in [0.1, 0.15) is 5.76 Å². The minimum Gasteiger partial charge on any atom is -0.494 e. The summed E-state index contributed by atoms with van der Waals surface area (Å²) >= 11 is 0. The molecule has 1 amide bonds. The molecule has 7 heteroatoms. The van der Waals surface area contributed by atoms with E-state index in [1.165, 1.54) is 31.4 Å². The molecular formula is C16H16FNO5. The van der Waals surface area contributed by atoms with Gasteiger partial charge >= 0.3 is 5.97 Å². The highest BCUT2D eigenvalue weighted by Gasteiger charge is 2.10. The number of benzene rings is 1. The third-order valence-corrected chi connectivity index (χ3v) is 3.19. The van der Waals surface area contributed by atoms with Crippen molar-refractivity contribution in [3.8, 4) is 5.75 Å². The lowest BCUT2D eigenvalue weighted by Gasteiger charge is -2.06. The van der Waals surface area contributed by atoms with Gasteiger partial charge in [0, 0.05) is 6.42 Å². The Hall–Kier alpha value is -2.83. The number of nitrogens with one attached hydrogen (secondary N) is 1. The van der Waals surface area contributed by atoms with E-state index in [4.69, 9.17) is 14.3 Å². The number of hydrogen-bond acceptors (Lipinski definition) is 4. The summed E-state index contributed by atoms with van der Waals surface area (Å²) in [6.45, 7) is 0.100. The number of aromatic carboxylic acids is 1. The van der Waals surface area contributed by atoms with Crippen molar-refractivity contribution in [3.05, 3.63) is 53.2 Å². The molecule has 1 aromatic carbocycles. The van der Waals surface area contributed by atoms with Crippen LogP contribution in [0.1, 0.15) is 28.3 Å². The number of hydrogen-bond donors (Lipinski definition) is 2. The van der Waals surface area contributed by atoms with Crippen LogP contribution >= 0.6 is 0 Å². The van der Waals surface area contributed by atoms with Gasteiger partial charge in [-0.15, -0.1) is 0 Å². The second-order valence-electron chi connectivity index (χ2n) is 4.82. The van der Waals surface area contributed by atoms with Gasteiger partial charge < -0.3 is 19.6 Å². The molecule has 1 aromatic heterocycles. The van der Waals surface area contributed by atoms with E-state index in [1.807, 2.05) is 0 Å². The molecule has 0 aliphatic heterocycles. The molecule has 6 nitrogen and oxygen atoms in total. The number of halogens is 1. The van der Waals surface area contributed by atoms with Gasteiger partial charge in [-0.05, 0) is 36.2 Å². The molecule has 0 bridgehead atoms. The number of furan rings is 1. The van der Waals surface area contributed by atoms with E-state index in [0.717, 1.165) is 0 Å². The molecule has 0 unspecified atom stereocenters. The highest BCUT2D eigenvalue weighted by molar-refractivity contribution is 5.84. The summed E-state index contributed by atoms with van der Waals surface area (Å²) in [5, 5.41) is 11.3. The van der Waals surface area contributed by atoms with Crippen molar-refractivity contribution in [1.82, 2.24) is 5.32 Å². The maximum absolute atomic E-state index is 13.5. The second kappa shape index (κ2) is 7.44. The normalized spacial score (nSPS) is 10.3. The number of carbonyl (C=O) groups excluding carboxylic acids is 1. The van der Waals surface area contributed by atoms with Gasteiger partial charge in [-0.1, -0.05) is 6.07 Å². The Bertz CT molecular complexity index is 710. The average Bonchev–Trinajstić information content (AvgIpc) is 3.00. The summed E-state index contributed by atoms with van der Waals surface area (Å²) in [7, 11) is 1.38. The molecule has 0 spiro atoms. The summed E-state index contributed by atoms with van der Waals surface area (Å²) in [6, 6.07) is 7.35. The van der Waals surface area contributed by atoms with Crippen LogP contribution < -0.4 is 10.1 Å². The number of carbonyl (C=O) groups is 2. The Morgan fingerprint density at radius 2 is 2.09 bits per heavy atom. The van der Waals surface area contributed by atoms with E-state index >= 15 is 0 Å². The average molecular weight is 321 g/mol. The van der Waals surface area contributed by atoms with Gasteiger partial charge in [0.05, 0.1) is 13.7 Å². The SMILES string of the molecule is COc1ccc(CCC(=O)NCc2ccc(C(=O)O)o2)cc1F. The largest absolute Gasteiger partial charge is 0.494 e. The summed E-state index contributed by atoms with van der Waals surface area (Å²) in [6.07, 6.45) is 0.559. The molecular weight excluding hydrogens is 305 g/mol. The van der Waals surface area contributed by atoms with Crippen molar-refractivity contribution in [2.75, 3.05) is 7.11 Å². The minimum absolute atomic E-state index is 0.100. The van der Waals surface area contributed by atoms with Crippen molar-refractivity contribution in [1.29, 1.82) is 0 Å². The molecule has 122 valence electrons. The van der Waals surface area contributed by atoms with Gasteiger partial charge in [-0.2, -0.15) is 0 Å². The van der Waals surface area contributed by atoms with E-state index in [1.54, 1.807) is 6.07 Å². The number of carboxylic acid groups (broad SMARTS) is 1. The van der Waals surface area contributed by atoms with Crippen LogP contribution in [0.3, 0.4) is 0 Å². The van der Waals surface area contributed by atoms with Crippen molar-refractivity contribution in [2.45, 2.75) is 19.4 Å². The monoisotopic (exact) mass is 321 g/mol. The lowest BCUT2D eigenvalue weighted by atomic mass is 10.1. The third-order valence-electron chi connectivity index (χ3n) is 3.19. The first-order valence-corrected chi connectivity index (χ1v) is 6.90. The van der Waals surface area contributed by atoms with Crippen molar-refractivity contribution < 1.29 is 28.2 Å². The topological polar surface area (TPSA) is 88.8 Å². The van der Waals surface area contributed by atoms with Crippen LogP contribution in [-0.2, 0) is 17.8 Å². The number of rotatable bonds is 7. The Kier molecular flexibility index (Phi) is 5.35. The first kappa shape index (κ1) is 16.5. The molecule has 2 N–H and O–H groups in total. The smallest absolute Gasteiger partial charge is 0.371 e. The molecule has 0 aliphatic rings. The van der Waals surface area contributed by atoms with Crippen LogP contribution in [0, 0.1) is 5.82 Å².